The van der Waals surface area contributed by atoms with Crippen LogP contribution in [0.5, 0.6) is 0 Å². The molecule has 0 spiro atoms. The number of Topliss-reactive ketones (excluding diaryl/α,β-unsaturated/α-hetero) is 1. The van der Waals surface area contributed by atoms with Crippen LogP contribution in [0.4, 0.5) is 0 Å². The monoisotopic (exact) mass is 269 g/mol. The Hall–Kier alpha value is -1.97. The zero-order valence-electron chi connectivity index (χ0n) is 11.5. The first-order valence-corrected chi connectivity index (χ1v) is 7.34. The van der Waals surface area contributed by atoms with Crippen molar-refractivity contribution in [1.82, 2.24) is 15.0 Å². The second-order valence-electron chi connectivity index (χ2n) is 5.49. The van der Waals surface area contributed by atoms with E-state index in [1.54, 1.807) is 6.20 Å². The quantitative estimate of drug-likeness (QED) is 0.799. The SMILES string of the molecule is O=C(CC1CCCCC1)c1cnn(-c2ccccc2)n1. The van der Waals surface area contributed by atoms with E-state index >= 15 is 0 Å². The Morgan fingerprint density at radius 1 is 1.15 bits per heavy atom. The maximum Gasteiger partial charge on any atom is 0.185 e. The van der Waals surface area contributed by atoms with Gasteiger partial charge in [0.25, 0.3) is 0 Å². The molecule has 1 fully saturated rings. The molecule has 0 unspecified atom stereocenters. The molecule has 4 heteroatoms. The molecule has 0 aliphatic heterocycles. The Balaban J connectivity index is 1.68. The van der Waals surface area contributed by atoms with Gasteiger partial charge in [0.2, 0.25) is 0 Å². The van der Waals surface area contributed by atoms with Crippen LogP contribution in [-0.4, -0.2) is 20.8 Å². The minimum atomic E-state index is 0.124. The zero-order valence-corrected chi connectivity index (χ0v) is 11.5. The fraction of sp³-hybridized carbons (Fsp3) is 0.438. The maximum absolute atomic E-state index is 12.2. The summed E-state index contributed by atoms with van der Waals surface area (Å²) < 4.78 is 0. The molecule has 1 aromatic carbocycles. The number of ketones is 1. The minimum absolute atomic E-state index is 0.124. The molecule has 20 heavy (non-hydrogen) atoms. The van der Waals surface area contributed by atoms with Gasteiger partial charge in [0.1, 0.15) is 5.69 Å². The van der Waals surface area contributed by atoms with Crippen LogP contribution in [0.1, 0.15) is 49.0 Å². The van der Waals surface area contributed by atoms with Crippen LogP contribution in [-0.2, 0) is 0 Å². The van der Waals surface area contributed by atoms with Gasteiger partial charge in [0.05, 0.1) is 11.9 Å². The molecule has 1 aromatic heterocycles. The third kappa shape index (κ3) is 2.95. The summed E-state index contributed by atoms with van der Waals surface area (Å²) in [4.78, 5) is 13.8. The first kappa shape index (κ1) is 13.0. The zero-order chi connectivity index (χ0) is 13.8. The standard InChI is InChI=1S/C16H19N3O/c20-16(11-13-7-3-1-4-8-13)15-12-17-19(18-15)14-9-5-2-6-10-14/h2,5-6,9-10,12-13H,1,3-4,7-8,11H2. The van der Waals surface area contributed by atoms with Gasteiger partial charge < -0.3 is 0 Å². The molecule has 0 amide bonds. The van der Waals surface area contributed by atoms with E-state index in [9.17, 15) is 4.79 Å². The van der Waals surface area contributed by atoms with Gasteiger partial charge in [0, 0.05) is 6.42 Å². The summed E-state index contributed by atoms with van der Waals surface area (Å²) in [6.07, 6.45) is 8.39. The van der Waals surface area contributed by atoms with E-state index in [-0.39, 0.29) is 5.78 Å². The van der Waals surface area contributed by atoms with Gasteiger partial charge >= 0.3 is 0 Å². The highest BCUT2D eigenvalue weighted by Crippen LogP contribution is 2.27. The lowest BCUT2D eigenvalue weighted by Crippen LogP contribution is -2.13. The Bertz CT molecular complexity index is 570. The van der Waals surface area contributed by atoms with Crippen molar-refractivity contribution in [3.63, 3.8) is 0 Å². The number of para-hydroxylation sites is 1. The molecular formula is C16H19N3O. The number of nitrogens with zero attached hydrogens (tertiary/aromatic N) is 3. The molecule has 1 saturated carbocycles. The van der Waals surface area contributed by atoms with E-state index in [0.717, 1.165) is 5.69 Å². The Labute approximate surface area is 118 Å². The maximum atomic E-state index is 12.2. The van der Waals surface area contributed by atoms with Crippen molar-refractivity contribution in [2.24, 2.45) is 5.92 Å². The summed E-state index contributed by atoms with van der Waals surface area (Å²) in [7, 11) is 0. The van der Waals surface area contributed by atoms with E-state index in [1.165, 1.54) is 36.9 Å². The molecule has 3 rings (SSSR count). The predicted octanol–water partition coefficient (Wildman–Crippen LogP) is 3.42. The smallest absolute Gasteiger partial charge is 0.185 e. The third-order valence-corrected chi connectivity index (χ3v) is 3.96. The number of benzene rings is 1. The molecule has 0 saturated heterocycles. The highest BCUT2D eigenvalue weighted by Gasteiger charge is 2.20. The van der Waals surface area contributed by atoms with Crippen LogP contribution in [0.15, 0.2) is 36.5 Å². The topological polar surface area (TPSA) is 47.8 Å². The van der Waals surface area contributed by atoms with Gasteiger partial charge in [-0.2, -0.15) is 9.90 Å². The Kier molecular flexibility index (Phi) is 3.90. The lowest BCUT2D eigenvalue weighted by molar-refractivity contribution is 0.0945. The van der Waals surface area contributed by atoms with Crippen molar-refractivity contribution >= 4 is 5.78 Å². The van der Waals surface area contributed by atoms with Crippen LogP contribution in [0.3, 0.4) is 0 Å². The largest absolute Gasteiger partial charge is 0.292 e. The minimum Gasteiger partial charge on any atom is -0.292 e. The molecule has 2 aromatic rings. The summed E-state index contributed by atoms with van der Waals surface area (Å²) in [5, 5.41) is 8.49. The molecule has 1 aliphatic carbocycles. The van der Waals surface area contributed by atoms with Crippen LogP contribution in [0.25, 0.3) is 5.69 Å². The molecule has 0 bridgehead atoms. The fourth-order valence-electron chi connectivity index (χ4n) is 2.83. The summed E-state index contributed by atoms with van der Waals surface area (Å²) >= 11 is 0. The number of aromatic nitrogens is 3. The summed E-state index contributed by atoms with van der Waals surface area (Å²) in [5.41, 5.74) is 1.36. The molecule has 1 aliphatic rings. The van der Waals surface area contributed by atoms with Gasteiger partial charge in [-0.05, 0) is 18.1 Å². The second-order valence-corrected chi connectivity index (χ2v) is 5.49. The van der Waals surface area contributed by atoms with Crippen LogP contribution in [0, 0.1) is 5.92 Å². The van der Waals surface area contributed by atoms with Crippen LogP contribution >= 0.6 is 0 Å². The van der Waals surface area contributed by atoms with Gasteiger partial charge in [0.15, 0.2) is 5.78 Å². The number of hydrogen-bond donors (Lipinski definition) is 0. The van der Waals surface area contributed by atoms with Gasteiger partial charge in [-0.1, -0.05) is 50.3 Å². The first-order valence-electron chi connectivity index (χ1n) is 7.34. The van der Waals surface area contributed by atoms with Gasteiger partial charge in [-0.3, -0.25) is 4.79 Å². The number of carbonyl (C=O) groups excluding carboxylic acids is 1. The van der Waals surface area contributed by atoms with E-state index < -0.39 is 0 Å². The molecule has 0 atom stereocenters. The van der Waals surface area contributed by atoms with Gasteiger partial charge in [-0.25, -0.2) is 0 Å². The van der Waals surface area contributed by atoms with E-state index in [2.05, 4.69) is 10.2 Å². The number of hydrogen-bond acceptors (Lipinski definition) is 3. The van der Waals surface area contributed by atoms with Crippen LogP contribution < -0.4 is 0 Å². The highest BCUT2D eigenvalue weighted by molar-refractivity contribution is 5.94. The second kappa shape index (κ2) is 5.99. The average Bonchev–Trinajstić information content (AvgIpc) is 2.99. The summed E-state index contributed by atoms with van der Waals surface area (Å²) in [5.74, 6) is 0.664. The summed E-state index contributed by atoms with van der Waals surface area (Å²) in [6, 6.07) is 9.66. The molecule has 0 radical (unpaired) electrons. The van der Waals surface area contributed by atoms with E-state index in [0.29, 0.717) is 18.0 Å². The molecule has 4 nitrogen and oxygen atoms in total. The van der Waals surface area contributed by atoms with E-state index in [4.69, 9.17) is 0 Å². The van der Waals surface area contributed by atoms with Crippen molar-refractivity contribution in [3.8, 4) is 5.69 Å². The third-order valence-electron chi connectivity index (χ3n) is 3.96. The lowest BCUT2D eigenvalue weighted by Gasteiger charge is -2.20. The lowest BCUT2D eigenvalue weighted by atomic mass is 9.85. The van der Waals surface area contributed by atoms with Crippen molar-refractivity contribution < 1.29 is 4.79 Å². The summed E-state index contributed by atoms with van der Waals surface area (Å²) in [6.45, 7) is 0. The average molecular weight is 269 g/mol. The normalized spacial score (nSPS) is 16.2. The highest BCUT2D eigenvalue weighted by atomic mass is 16.1. The van der Waals surface area contributed by atoms with Crippen molar-refractivity contribution in [1.29, 1.82) is 0 Å². The predicted molar refractivity (Wildman–Crippen MR) is 76.9 cm³/mol. The number of rotatable bonds is 4. The van der Waals surface area contributed by atoms with E-state index in [1.807, 2.05) is 30.3 Å². The Morgan fingerprint density at radius 2 is 1.90 bits per heavy atom. The molecular weight excluding hydrogens is 250 g/mol. The molecule has 1 heterocycles. The van der Waals surface area contributed by atoms with Crippen molar-refractivity contribution in [2.45, 2.75) is 38.5 Å². The number of carbonyl (C=O) groups is 1. The first-order chi connectivity index (χ1) is 9.83. The van der Waals surface area contributed by atoms with Crippen LogP contribution in [0.2, 0.25) is 0 Å². The van der Waals surface area contributed by atoms with Crippen molar-refractivity contribution in [3.05, 3.63) is 42.2 Å². The van der Waals surface area contributed by atoms with Crippen molar-refractivity contribution in [2.75, 3.05) is 0 Å². The fourth-order valence-corrected chi connectivity index (χ4v) is 2.83. The molecule has 104 valence electrons. The molecule has 0 N–H and O–H groups in total. The van der Waals surface area contributed by atoms with Gasteiger partial charge in [-0.15, -0.1) is 5.10 Å². The Morgan fingerprint density at radius 3 is 2.65 bits per heavy atom.